The monoisotopic (exact) mass is 430 g/mol. The Kier molecular flexibility index (Phi) is 7.17. The lowest BCUT2D eigenvalue weighted by atomic mass is 10.0. The summed E-state index contributed by atoms with van der Waals surface area (Å²) in [6.07, 6.45) is 7.44. The van der Waals surface area contributed by atoms with E-state index >= 15 is 0 Å². The lowest BCUT2D eigenvalue weighted by Gasteiger charge is -2.36. The highest BCUT2D eigenvalue weighted by atomic mass is 16.5. The van der Waals surface area contributed by atoms with Gasteiger partial charge >= 0.3 is 6.03 Å². The summed E-state index contributed by atoms with van der Waals surface area (Å²) in [5, 5.41) is 5.68. The van der Waals surface area contributed by atoms with Crippen molar-refractivity contribution in [2.75, 3.05) is 46.4 Å². The molecular formula is C23H34N4O4. The van der Waals surface area contributed by atoms with Gasteiger partial charge in [0.15, 0.2) is 0 Å². The first kappa shape index (κ1) is 21.7. The minimum absolute atomic E-state index is 0.0800. The van der Waals surface area contributed by atoms with Crippen molar-refractivity contribution in [3.63, 3.8) is 0 Å². The summed E-state index contributed by atoms with van der Waals surface area (Å²) in [4.78, 5) is 28.8. The number of nitrogens with one attached hydrogen (secondary N) is 2. The minimum Gasteiger partial charge on any atom is -0.497 e. The summed E-state index contributed by atoms with van der Waals surface area (Å²) in [6, 6.07) is 6.05. The van der Waals surface area contributed by atoms with Gasteiger partial charge in [-0.05, 0) is 43.9 Å². The fraction of sp³-hybridized carbons (Fsp3) is 0.652. The van der Waals surface area contributed by atoms with E-state index < -0.39 is 0 Å². The van der Waals surface area contributed by atoms with Crippen molar-refractivity contribution in [3.8, 4) is 11.5 Å². The molecule has 1 aliphatic carbocycles. The Morgan fingerprint density at radius 3 is 2.61 bits per heavy atom. The Labute approximate surface area is 184 Å². The number of piperidine rings is 1. The number of ether oxygens (including phenoxy) is 2. The zero-order chi connectivity index (χ0) is 21.6. The van der Waals surface area contributed by atoms with E-state index in [9.17, 15) is 9.59 Å². The predicted molar refractivity (Wildman–Crippen MR) is 118 cm³/mol. The number of benzene rings is 1. The second-order valence-corrected chi connectivity index (χ2v) is 8.63. The van der Waals surface area contributed by atoms with E-state index in [0.717, 1.165) is 32.0 Å². The lowest BCUT2D eigenvalue weighted by molar-refractivity contribution is 0.0749. The van der Waals surface area contributed by atoms with Crippen LogP contribution >= 0.6 is 0 Å². The standard InChI is InChI=1S/C23H34N4O4/c1-30-19-6-7-21(31-18-8-12-26(13-9-18)17-4-2-3-5-17)20(16-19)22(28)24-10-14-27-15-11-25-23(27)29/h6-7,16-18H,2-5,8-15H2,1H3,(H,24,28)(H,25,29). The Morgan fingerprint density at radius 1 is 1.16 bits per heavy atom. The minimum atomic E-state index is -0.211. The fourth-order valence-corrected chi connectivity index (χ4v) is 4.85. The molecule has 2 N–H and O–H groups in total. The van der Waals surface area contributed by atoms with Crippen LogP contribution in [0.2, 0.25) is 0 Å². The van der Waals surface area contributed by atoms with Gasteiger partial charge in [-0.1, -0.05) is 12.8 Å². The molecular weight excluding hydrogens is 396 g/mol. The second kappa shape index (κ2) is 10.2. The largest absolute Gasteiger partial charge is 0.497 e. The van der Waals surface area contributed by atoms with Crippen LogP contribution in [0.4, 0.5) is 4.79 Å². The van der Waals surface area contributed by atoms with Gasteiger partial charge in [-0.3, -0.25) is 4.79 Å². The second-order valence-electron chi connectivity index (χ2n) is 8.63. The Balaban J connectivity index is 1.34. The molecule has 2 heterocycles. The molecule has 1 aromatic rings. The van der Waals surface area contributed by atoms with E-state index in [1.807, 2.05) is 12.1 Å². The highest BCUT2D eigenvalue weighted by molar-refractivity contribution is 5.97. The summed E-state index contributed by atoms with van der Waals surface area (Å²) in [6.45, 7) is 4.32. The topological polar surface area (TPSA) is 83.1 Å². The van der Waals surface area contributed by atoms with E-state index in [1.54, 1.807) is 18.1 Å². The Morgan fingerprint density at radius 2 is 1.94 bits per heavy atom. The van der Waals surface area contributed by atoms with Crippen molar-refractivity contribution in [2.24, 2.45) is 0 Å². The average Bonchev–Trinajstić information content (AvgIpc) is 3.47. The van der Waals surface area contributed by atoms with Gasteiger partial charge in [0.2, 0.25) is 0 Å². The molecule has 2 aliphatic heterocycles. The van der Waals surface area contributed by atoms with E-state index in [-0.39, 0.29) is 18.0 Å². The molecule has 3 aliphatic rings. The number of urea groups is 1. The van der Waals surface area contributed by atoms with Gasteiger partial charge in [0.1, 0.15) is 17.6 Å². The molecule has 0 unspecified atom stereocenters. The molecule has 0 bridgehead atoms. The SMILES string of the molecule is COc1ccc(OC2CCN(C3CCCC3)CC2)c(C(=O)NCCN2CCNC2=O)c1. The predicted octanol–water partition coefficient (Wildman–Crippen LogP) is 2.24. The van der Waals surface area contributed by atoms with Crippen molar-refractivity contribution in [1.82, 2.24) is 20.4 Å². The molecule has 1 saturated carbocycles. The normalized spacial score (nSPS) is 20.7. The molecule has 0 radical (unpaired) electrons. The van der Waals surface area contributed by atoms with Crippen LogP contribution in [0.25, 0.3) is 0 Å². The number of nitrogens with zero attached hydrogens (tertiary/aromatic N) is 2. The molecule has 1 aromatic carbocycles. The number of hydrogen-bond donors (Lipinski definition) is 2. The molecule has 0 aromatic heterocycles. The first-order valence-corrected chi connectivity index (χ1v) is 11.5. The molecule has 8 nitrogen and oxygen atoms in total. The third kappa shape index (κ3) is 5.42. The van der Waals surface area contributed by atoms with Crippen molar-refractivity contribution >= 4 is 11.9 Å². The molecule has 2 saturated heterocycles. The van der Waals surface area contributed by atoms with E-state index in [0.29, 0.717) is 43.2 Å². The van der Waals surface area contributed by atoms with Crippen LogP contribution < -0.4 is 20.1 Å². The van der Waals surface area contributed by atoms with Gasteiger partial charge in [0.25, 0.3) is 5.91 Å². The van der Waals surface area contributed by atoms with Crippen LogP contribution in [0.1, 0.15) is 48.9 Å². The number of carbonyl (C=O) groups is 2. The summed E-state index contributed by atoms with van der Waals surface area (Å²) in [5.41, 5.74) is 0.475. The molecule has 0 atom stereocenters. The van der Waals surface area contributed by atoms with Gasteiger partial charge in [-0.25, -0.2) is 4.79 Å². The Bertz CT molecular complexity index is 773. The maximum absolute atomic E-state index is 12.9. The third-order valence-corrected chi connectivity index (χ3v) is 6.66. The van der Waals surface area contributed by atoms with Crippen LogP contribution in [-0.4, -0.2) is 80.3 Å². The summed E-state index contributed by atoms with van der Waals surface area (Å²) >= 11 is 0. The molecule has 3 fully saturated rings. The van der Waals surface area contributed by atoms with Crippen LogP contribution in [0, 0.1) is 0 Å². The third-order valence-electron chi connectivity index (χ3n) is 6.66. The highest BCUT2D eigenvalue weighted by Gasteiger charge is 2.28. The van der Waals surface area contributed by atoms with Crippen LogP contribution in [0.3, 0.4) is 0 Å². The number of methoxy groups -OCH3 is 1. The average molecular weight is 431 g/mol. The number of carbonyl (C=O) groups excluding carboxylic acids is 2. The van der Waals surface area contributed by atoms with E-state index in [2.05, 4.69) is 15.5 Å². The smallest absolute Gasteiger partial charge is 0.317 e. The van der Waals surface area contributed by atoms with Gasteiger partial charge < -0.3 is 29.9 Å². The Hall–Kier alpha value is -2.48. The highest BCUT2D eigenvalue weighted by Crippen LogP contribution is 2.30. The maximum atomic E-state index is 12.9. The van der Waals surface area contributed by atoms with E-state index in [4.69, 9.17) is 9.47 Å². The first-order chi connectivity index (χ1) is 15.1. The lowest BCUT2D eigenvalue weighted by Crippen LogP contribution is -2.43. The van der Waals surface area contributed by atoms with Crippen molar-refractivity contribution in [2.45, 2.75) is 50.7 Å². The van der Waals surface area contributed by atoms with Crippen LogP contribution in [0.5, 0.6) is 11.5 Å². The number of likely N-dealkylation sites (tertiary alicyclic amines) is 1. The number of amides is 3. The maximum Gasteiger partial charge on any atom is 0.317 e. The quantitative estimate of drug-likeness (QED) is 0.661. The number of hydrogen-bond acceptors (Lipinski definition) is 5. The molecule has 4 rings (SSSR count). The van der Waals surface area contributed by atoms with Gasteiger partial charge in [-0.15, -0.1) is 0 Å². The molecule has 0 spiro atoms. The van der Waals surface area contributed by atoms with Crippen molar-refractivity contribution < 1.29 is 19.1 Å². The summed E-state index contributed by atoms with van der Waals surface area (Å²) in [7, 11) is 1.59. The molecule has 170 valence electrons. The molecule has 8 heteroatoms. The van der Waals surface area contributed by atoms with Crippen LogP contribution in [0.15, 0.2) is 18.2 Å². The zero-order valence-corrected chi connectivity index (χ0v) is 18.4. The van der Waals surface area contributed by atoms with Gasteiger partial charge in [0.05, 0.1) is 12.7 Å². The summed E-state index contributed by atoms with van der Waals surface area (Å²) < 4.78 is 11.6. The van der Waals surface area contributed by atoms with Gasteiger partial charge in [-0.2, -0.15) is 0 Å². The number of rotatable bonds is 8. The first-order valence-electron chi connectivity index (χ1n) is 11.5. The molecule has 3 amide bonds. The molecule has 31 heavy (non-hydrogen) atoms. The van der Waals surface area contributed by atoms with Gasteiger partial charge in [0, 0.05) is 45.3 Å². The van der Waals surface area contributed by atoms with Crippen molar-refractivity contribution in [1.29, 1.82) is 0 Å². The van der Waals surface area contributed by atoms with E-state index in [1.165, 1.54) is 25.7 Å². The van der Waals surface area contributed by atoms with Crippen LogP contribution in [-0.2, 0) is 0 Å². The zero-order valence-electron chi connectivity index (χ0n) is 18.4. The fourth-order valence-electron chi connectivity index (χ4n) is 4.85. The summed E-state index contributed by atoms with van der Waals surface area (Å²) in [5.74, 6) is 1.00. The van der Waals surface area contributed by atoms with Crippen molar-refractivity contribution in [3.05, 3.63) is 23.8 Å².